The molecule has 1 amide bonds. The van der Waals surface area contributed by atoms with Crippen molar-refractivity contribution >= 4 is 12.0 Å². The zero-order valence-corrected chi connectivity index (χ0v) is 13.4. The molecule has 116 valence electrons. The van der Waals surface area contributed by atoms with Crippen LogP contribution in [0.1, 0.15) is 50.7 Å². The van der Waals surface area contributed by atoms with Crippen molar-refractivity contribution in [2.24, 2.45) is 5.92 Å². The quantitative estimate of drug-likeness (QED) is 0.677. The predicted octanol–water partition coefficient (Wildman–Crippen LogP) is 3.85. The molecule has 2 atom stereocenters. The number of amides is 1. The van der Waals surface area contributed by atoms with Crippen LogP contribution in [-0.2, 0) is 11.2 Å². The molecule has 3 nitrogen and oxygen atoms in total. The highest BCUT2D eigenvalue weighted by Gasteiger charge is 2.23. The fraction of sp³-hybridized carbons (Fsp3) is 0.474. The molecule has 0 spiro atoms. The third kappa shape index (κ3) is 4.21. The van der Waals surface area contributed by atoms with Crippen LogP contribution >= 0.6 is 0 Å². The molecule has 3 heteroatoms. The molecule has 1 N–H and O–H groups in total. The van der Waals surface area contributed by atoms with Crippen LogP contribution in [0.4, 0.5) is 0 Å². The highest BCUT2D eigenvalue weighted by Crippen LogP contribution is 2.24. The summed E-state index contributed by atoms with van der Waals surface area (Å²) in [6.45, 7) is 4.27. The Hall–Kier alpha value is -2.08. The molecule has 1 aliphatic carbocycles. The summed E-state index contributed by atoms with van der Waals surface area (Å²) in [7, 11) is 0. The lowest BCUT2D eigenvalue weighted by molar-refractivity contribution is -0.118. The van der Waals surface area contributed by atoms with E-state index >= 15 is 0 Å². The maximum absolute atomic E-state index is 12.3. The Balaban J connectivity index is 2.07. The van der Waals surface area contributed by atoms with E-state index in [1.165, 1.54) is 12.0 Å². The van der Waals surface area contributed by atoms with Gasteiger partial charge >= 0.3 is 0 Å². The Morgan fingerprint density at radius 1 is 1.32 bits per heavy atom. The van der Waals surface area contributed by atoms with E-state index in [2.05, 4.69) is 19.2 Å². The van der Waals surface area contributed by atoms with E-state index < -0.39 is 0 Å². The van der Waals surface area contributed by atoms with E-state index in [1.54, 1.807) is 6.08 Å². The van der Waals surface area contributed by atoms with Crippen LogP contribution in [0.3, 0.4) is 0 Å². The van der Waals surface area contributed by atoms with Gasteiger partial charge in [-0.3, -0.25) is 4.79 Å². The maximum Gasteiger partial charge on any atom is 0.262 e. The van der Waals surface area contributed by atoms with Gasteiger partial charge in [0.05, 0.1) is 0 Å². The first kappa shape index (κ1) is 16.3. The largest absolute Gasteiger partial charge is 0.348 e. The number of nitriles is 1. The fourth-order valence-electron chi connectivity index (χ4n) is 2.94. The Labute approximate surface area is 133 Å². The van der Waals surface area contributed by atoms with Gasteiger partial charge in [-0.25, -0.2) is 0 Å². The Bertz CT molecular complexity index is 580. The molecule has 2 rings (SSSR count). The second kappa shape index (κ2) is 7.79. The van der Waals surface area contributed by atoms with E-state index in [-0.39, 0.29) is 17.5 Å². The Morgan fingerprint density at radius 3 is 2.59 bits per heavy atom. The third-order valence-electron chi connectivity index (χ3n) is 4.49. The van der Waals surface area contributed by atoms with Gasteiger partial charge in [-0.15, -0.1) is 0 Å². The first-order valence-corrected chi connectivity index (χ1v) is 8.15. The normalized spacial score (nSPS) is 22.0. The number of carbonyl (C=O) groups is 1. The van der Waals surface area contributed by atoms with Crippen LogP contribution in [0, 0.1) is 17.2 Å². The zero-order chi connectivity index (χ0) is 15.9. The molecule has 22 heavy (non-hydrogen) atoms. The molecule has 0 radical (unpaired) electrons. The zero-order valence-electron chi connectivity index (χ0n) is 13.4. The highest BCUT2D eigenvalue weighted by atomic mass is 16.1. The number of rotatable bonds is 4. The van der Waals surface area contributed by atoms with Gasteiger partial charge in [-0.05, 0) is 42.4 Å². The molecule has 0 saturated heterocycles. The molecule has 0 aliphatic heterocycles. The molecular weight excluding hydrogens is 272 g/mol. The molecule has 1 aliphatic rings. The van der Waals surface area contributed by atoms with Crippen LogP contribution in [0.25, 0.3) is 6.08 Å². The number of benzene rings is 1. The molecule has 0 aromatic heterocycles. The Morgan fingerprint density at radius 2 is 2.00 bits per heavy atom. The molecule has 1 aromatic carbocycles. The first-order chi connectivity index (χ1) is 10.6. The first-order valence-electron chi connectivity index (χ1n) is 8.15. The average molecular weight is 296 g/mol. The van der Waals surface area contributed by atoms with Crippen molar-refractivity contribution in [2.75, 3.05) is 0 Å². The second-order valence-electron chi connectivity index (χ2n) is 6.11. The summed E-state index contributed by atoms with van der Waals surface area (Å²) >= 11 is 0. The highest BCUT2D eigenvalue weighted by molar-refractivity contribution is 6.01. The van der Waals surface area contributed by atoms with E-state index in [9.17, 15) is 10.1 Å². The summed E-state index contributed by atoms with van der Waals surface area (Å²) in [5, 5.41) is 12.3. The average Bonchev–Trinajstić information content (AvgIpc) is 2.55. The van der Waals surface area contributed by atoms with Crippen LogP contribution in [0.2, 0.25) is 0 Å². The summed E-state index contributed by atoms with van der Waals surface area (Å²) in [6.07, 6.45) is 7.20. The number of hydrogen-bond acceptors (Lipinski definition) is 2. The minimum atomic E-state index is -0.249. The number of hydrogen-bond donors (Lipinski definition) is 1. The van der Waals surface area contributed by atoms with Gasteiger partial charge in [-0.2, -0.15) is 5.26 Å². The molecule has 1 fully saturated rings. The fourth-order valence-corrected chi connectivity index (χ4v) is 2.94. The lowest BCUT2D eigenvalue weighted by atomic mass is 9.86. The second-order valence-corrected chi connectivity index (χ2v) is 6.11. The number of carbonyl (C=O) groups excluding carboxylic acids is 1. The SMILES string of the molecule is CCc1ccc(/C=C(\C#N)C(=O)NC2CCCCC2C)cc1. The van der Waals surface area contributed by atoms with Crippen molar-refractivity contribution in [3.63, 3.8) is 0 Å². The number of nitrogens with zero attached hydrogens (tertiary/aromatic N) is 1. The van der Waals surface area contributed by atoms with E-state index in [0.29, 0.717) is 5.92 Å². The van der Waals surface area contributed by atoms with Gasteiger partial charge in [0.1, 0.15) is 11.6 Å². The van der Waals surface area contributed by atoms with E-state index in [0.717, 1.165) is 31.2 Å². The van der Waals surface area contributed by atoms with E-state index in [4.69, 9.17) is 0 Å². The monoisotopic (exact) mass is 296 g/mol. The summed E-state index contributed by atoms with van der Waals surface area (Å²) in [6, 6.07) is 10.2. The summed E-state index contributed by atoms with van der Waals surface area (Å²) in [5.74, 6) is 0.238. The maximum atomic E-state index is 12.3. The topological polar surface area (TPSA) is 52.9 Å². The lowest BCUT2D eigenvalue weighted by Gasteiger charge is -2.29. The van der Waals surface area contributed by atoms with Gasteiger partial charge in [-0.1, -0.05) is 51.0 Å². The summed E-state index contributed by atoms with van der Waals surface area (Å²) < 4.78 is 0. The number of aryl methyl sites for hydroxylation is 1. The minimum Gasteiger partial charge on any atom is -0.348 e. The van der Waals surface area contributed by atoms with Crippen molar-refractivity contribution in [2.45, 2.75) is 52.0 Å². The molecule has 0 heterocycles. The summed E-state index contributed by atoms with van der Waals surface area (Å²) in [4.78, 5) is 12.3. The van der Waals surface area contributed by atoms with Gasteiger partial charge in [0.25, 0.3) is 5.91 Å². The van der Waals surface area contributed by atoms with Crippen molar-refractivity contribution in [3.05, 3.63) is 41.0 Å². The van der Waals surface area contributed by atoms with Crippen LogP contribution in [0.15, 0.2) is 29.8 Å². The lowest BCUT2D eigenvalue weighted by Crippen LogP contribution is -2.41. The van der Waals surface area contributed by atoms with Crippen molar-refractivity contribution in [1.82, 2.24) is 5.32 Å². The molecule has 1 saturated carbocycles. The Kier molecular flexibility index (Phi) is 5.77. The van der Waals surface area contributed by atoms with E-state index in [1.807, 2.05) is 30.3 Å². The minimum absolute atomic E-state index is 0.182. The van der Waals surface area contributed by atoms with Crippen molar-refractivity contribution in [1.29, 1.82) is 5.26 Å². The molecular formula is C19H24N2O. The van der Waals surface area contributed by atoms with Crippen LogP contribution in [-0.4, -0.2) is 11.9 Å². The molecule has 0 bridgehead atoms. The number of nitrogens with one attached hydrogen (secondary N) is 1. The molecule has 2 unspecified atom stereocenters. The van der Waals surface area contributed by atoms with Crippen LogP contribution in [0.5, 0.6) is 0 Å². The third-order valence-corrected chi connectivity index (χ3v) is 4.49. The standard InChI is InChI=1S/C19H24N2O/c1-3-15-8-10-16(11-9-15)12-17(13-20)19(22)21-18-7-5-4-6-14(18)2/h8-12,14,18H,3-7H2,1-2H3,(H,21,22)/b17-12+. The predicted molar refractivity (Wildman–Crippen MR) is 89.0 cm³/mol. The van der Waals surface area contributed by atoms with Crippen molar-refractivity contribution in [3.8, 4) is 6.07 Å². The van der Waals surface area contributed by atoms with Gasteiger partial charge < -0.3 is 5.32 Å². The smallest absolute Gasteiger partial charge is 0.262 e. The molecule has 1 aromatic rings. The van der Waals surface area contributed by atoms with Gasteiger partial charge in [0, 0.05) is 6.04 Å². The summed E-state index contributed by atoms with van der Waals surface area (Å²) in [5.41, 5.74) is 2.32. The van der Waals surface area contributed by atoms with Crippen LogP contribution < -0.4 is 5.32 Å². The van der Waals surface area contributed by atoms with Gasteiger partial charge in [0.15, 0.2) is 0 Å². The van der Waals surface area contributed by atoms with Crippen molar-refractivity contribution < 1.29 is 4.79 Å². The van der Waals surface area contributed by atoms with Gasteiger partial charge in [0.2, 0.25) is 0 Å².